The molecule has 8 nitrogen and oxygen atoms in total. The number of halogens is 1. The molecule has 0 fully saturated rings. The highest BCUT2D eigenvalue weighted by molar-refractivity contribution is 9.10. The van der Waals surface area contributed by atoms with Crippen LogP contribution in [0.1, 0.15) is 43.5 Å². The molecule has 2 heterocycles. The third kappa shape index (κ3) is 4.32. The number of ether oxygens (including phenoxy) is 3. The Hall–Kier alpha value is -4.55. The van der Waals surface area contributed by atoms with Crippen LogP contribution in [-0.2, 0) is 4.74 Å². The highest BCUT2D eigenvalue weighted by Gasteiger charge is 2.31. The van der Waals surface area contributed by atoms with Gasteiger partial charge in [0.2, 0.25) is 11.6 Å². The topological polar surface area (TPSA) is 125 Å². The molecule has 1 unspecified atom stereocenters. The van der Waals surface area contributed by atoms with Gasteiger partial charge in [0.1, 0.15) is 28.7 Å². The Morgan fingerprint density at radius 2 is 1.81 bits per heavy atom. The number of rotatable bonds is 4. The number of hydrogen-bond donors (Lipinski definition) is 1. The van der Waals surface area contributed by atoms with E-state index in [4.69, 9.17) is 24.4 Å². The SMILES string of the molecule is COC(=O)c1ccc(C2C(C#N)=C(N)Oc3cc(OC(=O)c4oc5cc(Br)ccc5c4C)ccc32)cc1. The van der Waals surface area contributed by atoms with Crippen molar-refractivity contribution in [1.82, 2.24) is 0 Å². The maximum absolute atomic E-state index is 12.9. The van der Waals surface area contributed by atoms with Crippen molar-refractivity contribution in [2.75, 3.05) is 7.11 Å². The van der Waals surface area contributed by atoms with Crippen molar-refractivity contribution in [2.24, 2.45) is 5.73 Å². The van der Waals surface area contributed by atoms with Crippen LogP contribution in [0.15, 0.2) is 81.0 Å². The van der Waals surface area contributed by atoms with Crippen molar-refractivity contribution < 1.29 is 28.2 Å². The quantitative estimate of drug-likeness (QED) is 0.248. The summed E-state index contributed by atoms with van der Waals surface area (Å²) in [6.45, 7) is 1.79. The Bertz CT molecular complexity index is 1650. The summed E-state index contributed by atoms with van der Waals surface area (Å²) in [5, 5.41) is 10.6. The van der Waals surface area contributed by atoms with Crippen LogP contribution in [0.3, 0.4) is 0 Å². The zero-order valence-corrected chi connectivity index (χ0v) is 21.3. The van der Waals surface area contributed by atoms with Gasteiger partial charge in [-0.2, -0.15) is 5.26 Å². The van der Waals surface area contributed by atoms with E-state index in [0.29, 0.717) is 28.0 Å². The van der Waals surface area contributed by atoms with Crippen molar-refractivity contribution in [3.05, 3.63) is 105 Å². The van der Waals surface area contributed by atoms with Crippen LogP contribution in [0, 0.1) is 18.3 Å². The molecule has 0 amide bonds. The lowest BCUT2D eigenvalue weighted by molar-refractivity contribution is 0.0600. The van der Waals surface area contributed by atoms with Crippen molar-refractivity contribution in [3.63, 3.8) is 0 Å². The predicted molar refractivity (Wildman–Crippen MR) is 137 cm³/mol. The van der Waals surface area contributed by atoms with E-state index in [1.807, 2.05) is 12.1 Å². The fourth-order valence-electron chi connectivity index (χ4n) is 4.32. The van der Waals surface area contributed by atoms with Crippen molar-refractivity contribution in [2.45, 2.75) is 12.8 Å². The molecule has 2 N–H and O–H groups in total. The Balaban J connectivity index is 1.47. The van der Waals surface area contributed by atoms with Crippen LogP contribution < -0.4 is 15.2 Å². The minimum Gasteiger partial charge on any atom is -0.465 e. The number of nitrogens with zero attached hydrogens (tertiary/aromatic N) is 1. The molecule has 0 spiro atoms. The number of carbonyl (C=O) groups excluding carboxylic acids is 2. The Morgan fingerprint density at radius 1 is 1.05 bits per heavy atom. The van der Waals surface area contributed by atoms with E-state index in [0.717, 1.165) is 15.4 Å². The molecule has 0 radical (unpaired) electrons. The first-order valence-electron chi connectivity index (χ1n) is 11.1. The molecular formula is C28H19BrN2O6. The molecule has 9 heteroatoms. The number of methoxy groups -OCH3 is 1. The normalized spacial score (nSPS) is 14.5. The molecule has 0 saturated carbocycles. The average molecular weight is 559 g/mol. The number of hydrogen-bond acceptors (Lipinski definition) is 8. The molecule has 0 saturated heterocycles. The Labute approximate surface area is 220 Å². The lowest BCUT2D eigenvalue weighted by Crippen LogP contribution is -2.21. The highest BCUT2D eigenvalue weighted by Crippen LogP contribution is 2.43. The molecule has 37 heavy (non-hydrogen) atoms. The second-order valence-corrected chi connectivity index (χ2v) is 9.24. The monoisotopic (exact) mass is 558 g/mol. The minimum atomic E-state index is -0.656. The number of carbonyl (C=O) groups is 2. The van der Waals surface area contributed by atoms with E-state index in [2.05, 4.69) is 22.0 Å². The van der Waals surface area contributed by atoms with Gasteiger partial charge in [0, 0.05) is 27.1 Å². The van der Waals surface area contributed by atoms with Gasteiger partial charge in [-0.1, -0.05) is 34.1 Å². The standard InChI is InChI=1S/C28H19BrN2O6/c1-14-19-9-7-17(29)11-22(19)36-25(14)28(33)35-18-8-10-20-23(12-18)37-26(31)21(13-30)24(20)15-3-5-16(6-4-15)27(32)34-2/h3-12,24H,31H2,1-2H3. The van der Waals surface area contributed by atoms with Crippen LogP contribution in [-0.4, -0.2) is 19.0 Å². The van der Waals surface area contributed by atoms with Crippen LogP contribution in [0.4, 0.5) is 0 Å². The summed E-state index contributed by atoms with van der Waals surface area (Å²) < 4.78 is 22.6. The molecule has 4 aromatic rings. The highest BCUT2D eigenvalue weighted by atomic mass is 79.9. The summed E-state index contributed by atoms with van der Waals surface area (Å²) in [6, 6.07) is 19.2. The largest absolute Gasteiger partial charge is 0.465 e. The van der Waals surface area contributed by atoms with E-state index in [-0.39, 0.29) is 23.0 Å². The number of benzene rings is 3. The summed E-state index contributed by atoms with van der Waals surface area (Å²) >= 11 is 3.40. The summed E-state index contributed by atoms with van der Waals surface area (Å²) in [5.74, 6) is -1.06. The van der Waals surface area contributed by atoms with Gasteiger partial charge in [-0.25, -0.2) is 9.59 Å². The third-order valence-corrected chi connectivity index (χ3v) is 6.65. The van der Waals surface area contributed by atoms with Crippen molar-refractivity contribution >= 4 is 38.8 Å². The number of allylic oxidation sites excluding steroid dienone is 1. The number of aryl methyl sites for hydroxylation is 1. The number of nitrogens with two attached hydrogens (primary N) is 1. The van der Waals surface area contributed by atoms with Crippen LogP contribution in [0.2, 0.25) is 0 Å². The van der Waals surface area contributed by atoms with Gasteiger partial charge >= 0.3 is 11.9 Å². The van der Waals surface area contributed by atoms with Crippen molar-refractivity contribution in [3.8, 4) is 17.6 Å². The molecule has 0 bridgehead atoms. The number of nitriles is 1. The lowest BCUT2D eigenvalue weighted by Gasteiger charge is -2.26. The number of fused-ring (bicyclic) bond motifs is 2. The van der Waals surface area contributed by atoms with Gasteiger partial charge in [0.25, 0.3) is 0 Å². The molecule has 5 rings (SSSR count). The van der Waals surface area contributed by atoms with Gasteiger partial charge in [0.15, 0.2) is 0 Å². The fraction of sp³-hybridized carbons (Fsp3) is 0.107. The molecule has 1 atom stereocenters. The van der Waals surface area contributed by atoms with Crippen LogP contribution >= 0.6 is 15.9 Å². The second-order valence-electron chi connectivity index (χ2n) is 8.32. The average Bonchev–Trinajstić information content (AvgIpc) is 3.22. The van der Waals surface area contributed by atoms with Gasteiger partial charge < -0.3 is 24.4 Å². The summed E-state index contributed by atoms with van der Waals surface area (Å²) in [6.07, 6.45) is 0. The molecule has 0 aliphatic carbocycles. The van der Waals surface area contributed by atoms with Gasteiger partial charge in [-0.05, 0) is 48.9 Å². The van der Waals surface area contributed by atoms with Crippen LogP contribution in [0.5, 0.6) is 11.5 Å². The molecule has 1 aromatic heterocycles. The minimum absolute atomic E-state index is 0.0563. The zero-order chi connectivity index (χ0) is 26.3. The molecule has 1 aliphatic rings. The molecule has 1 aliphatic heterocycles. The second kappa shape index (κ2) is 9.48. The summed E-state index contributed by atoms with van der Waals surface area (Å²) in [7, 11) is 1.31. The lowest BCUT2D eigenvalue weighted by atomic mass is 9.83. The van der Waals surface area contributed by atoms with Gasteiger partial charge in [0.05, 0.1) is 18.6 Å². The number of esters is 2. The fourth-order valence-corrected chi connectivity index (χ4v) is 4.66. The van der Waals surface area contributed by atoms with E-state index < -0.39 is 17.9 Å². The van der Waals surface area contributed by atoms with E-state index in [9.17, 15) is 14.9 Å². The Morgan fingerprint density at radius 3 is 2.51 bits per heavy atom. The van der Waals surface area contributed by atoms with E-state index >= 15 is 0 Å². The van der Waals surface area contributed by atoms with E-state index in [1.165, 1.54) is 7.11 Å². The number of furan rings is 1. The maximum atomic E-state index is 12.9. The van der Waals surface area contributed by atoms with Crippen LogP contribution in [0.25, 0.3) is 11.0 Å². The summed E-state index contributed by atoms with van der Waals surface area (Å²) in [4.78, 5) is 24.7. The molecule has 184 valence electrons. The smallest absolute Gasteiger partial charge is 0.379 e. The Kier molecular flexibility index (Phi) is 6.19. The van der Waals surface area contributed by atoms with Gasteiger partial charge in [-0.15, -0.1) is 0 Å². The predicted octanol–water partition coefficient (Wildman–Crippen LogP) is 5.73. The summed E-state index contributed by atoms with van der Waals surface area (Å²) in [5.41, 5.74) is 9.31. The molecule has 3 aromatic carbocycles. The van der Waals surface area contributed by atoms with Gasteiger partial charge in [-0.3, -0.25) is 0 Å². The first kappa shape index (κ1) is 24.2. The zero-order valence-electron chi connectivity index (χ0n) is 19.7. The third-order valence-electron chi connectivity index (χ3n) is 6.15. The maximum Gasteiger partial charge on any atom is 0.379 e. The van der Waals surface area contributed by atoms with Crippen molar-refractivity contribution in [1.29, 1.82) is 5.26 Å². The first-order chi connectivity index (χ1) is 17.8. The van der Waals surface area contributed by atoms with E-state index in [1.54, 1.807) is 55.5 Å². The first-order valence-corrected chi connectivity index (χ1v) is 11.9. The molecular weight excluding hydrogens is 540 g/mol.